The van der Waals surface area contributed by atoms with Crippen molar-refractivity contribution in [1.82, 2.24) is 9.31 Å². The smallest absolute Gasteiger partial charge is 0.269 e. The van der Waals surface area contributed by atoms with Crippen LogP contribution >= 0.6 is 11.8 Å². The molecule has 2 aliphatic rings. The van der Waals surface area contributed by atoms with Gasteiger partial charge in [0.2, 0.25) is 4.38 Å². The fourth-order valence-electron chi connectivity index (χ4n) is 2.65. The first-order valence-electron chi connectivity index (χ1n) is 7.75. The van der Waals surface area contributed by atoms with Crippen molar-refractivity contribution in [2.45, 2.75) is 19.9 Å². The van der Waals surface area contributed by atoms with Crippen molar-refractivity contribution < 1.29 is 13.2 Å². The summed E-state index contributed by atoms with van der Waals surface area (Å²) in [5.74, 6) is 0.778. The first kappa shape index (κ1) is 17.2. The average Bonchev–Trinajstić information content (AvgIpc) is 3.15. The van der Waals surface area contributed by atoms with Crippen molar-refractivity contribution in [3.05, 3.63) is 29.8 Å². The summed E-state index contributed by atoms with van der Waals surface area (Å²) in [6, 6.07) is 7.67. The van der Waals surface area contributed by atoms with Gasteiger partial charge in [-0.3, -0.25) is 4.99 Å². The van der Waals surface area contributed by atoms with Crippen LogP contribution in [0.5, 0.6) is 5.75 Å². The fourth-order valence-corrected chi connectivity index (χ4v) is 5.41. The molecule has 0 bridgehead atoms. The number of amidine groups is 1. The van der Waals surface area contributed by atoms with Gasteiger partial charge in [-0.05, 0) is 29.5 Å². The summed E-state index contributed by atoms with van der Waals surface area (Å²) in [6.45, 7) is 5.03. The highest BCUT2D eigenvalue weighted by atomic mass is 32.3. The van der Waals surface area contributed by atoms with E-state index < -0.39 is 10.0 Å². The Balaban J connectivity index is 1.78. The molecule has 1 atom stereocenters. The lowest BCUT2D eigenvalue weighted by atomic mass is 10.1. The van der Waals surface area contributed by atoms with Gasteiger partial charge in [-0.2, -0.15) is 4.31 Å². The van der Waals surface area contributed by atoms with Gasteiger partial charge in [-0.25, -0.2) is 13.4 Å². The minimum atomic E-state index is -3.53. The van der Waals surface area contributed by atoms with E-state index in [9.17, 15) is 8.42 Å². The maximum Gasteiger partial charge on any atom is 0.269 e. The number of methoxy groups -OCH3 is 1. The van der Waals surface area contributed by atoms with Gasteiger partial charge in [-0.15, -0.1) is 5.10 Å². The Morgan fingerprint density at radius 3 is 2.75 bits per heavy atom. The molecule has 3 rings (SSSR count). The third-order valence-corrected chi connectivity index (χ3v) is 7.31. The van der Waals surface area contributed by atoms with E-state index >= 15 is 0 Å². The van der Waals surface area contributed by atoms with Crippen molar-refractivity contribution in [2.75, 3.05) is 26.7 Å². The van der Waals surface area contributed by atoms with Crippen molar-refractivity contribution in [3.8, 4) is 5.75 Å². The molecule has 24 heavy (non-hydrogen) atoms. The summed E-state index contributed by atoms with van der Waals surface area (Å²) in [5, 5.41) is 6.58. The standard InChI is InChI=1S/C15H20N4O3S2/c1-4-18(5-2)24(20,21)15-17-19-10-13(16-14(19)23-15)11-7-6-8-12(9-11)22-3/h6-9,13H,4-5,10H2,1-3H3. The van der Waals surface area contributed by atoms with Crippen LogP contribution in [0.15, 0.2) is 34.4 Å². The fraction of sp³-hybridized carbons (Fsp3) is 0.467. The first-order chi connectivity index (χ1) is 11.5. The number of hydrogen-bond donors (Lipinski definition) is 0. The maximum absolute atomic E-state index is 12.5. The maximum atomic E-state index is 12.5. The lowest BCUT2D eigenvalue weighted by Crippen LogP contribution is -2.34. The van der Waals surface area contributed by atoms with Crippen molar-refractivity contribution in [2.24, 2.45) is 10.1 Å². The number of hydrazone groups is 1. The second-order valence-electron chi connectivity index (χ2n) is 5.34. The minimum Gasteiger partial charge on any atom is -0.497 e. The first-order valence-corrected chi connectivity index (χ1v) is 10.0. The Morgan fingerprint density at radius 2 is 2.12 bits per heavy atom. The number of sulfonamides is 1. The van der Waals surface area contributed by atoms with E-state index in [1.807, 2.05) is 38.1 Å². The van der Waals surface area contributed by atoms with Crippen molar-refractivity contribution in [3.63, 3.8) is 0 Å². The van der Waals surface area contributed by atoms with Gasteiger partial charge < -0.3 is 4.74 Å². The van der Waals surface area contributed by atoms with E-state index in [0.717, 1.165) is 23.1 Å². The summed E-state index contributed by atoms with van der Waals surface area (Å²) < 4.78 is 31.8. The summed E-state index contributed by atoms with van der Waals surface area (Å²) in [6.07, 6.45) is 0. The van der Waals surface area contributed by atoms with Gasteiger partial charge in [0.25, 0.3) is 10.0 Å². The molecule has 0 spiro atoms. The molecular formula is C15H20N4O3S2. The quantitative estimate of drug-likeness (QED) is 0.796. The van der Waals surface area contributed by atoms with Crippen LogP contribution in [0.25, 0.3) is 0 Å². The van der Waals surface area contributed by atoms with E-state index in [1.165, 1.54) is 4.31 Å². The third-order valence-electron chi connectivity index (χ3n) is 3.96. The summed E-state index contributed by atoms with van der Waals surface area (Å²) in [4.78, 5) is 4.62. The van der Waals surface area contributed by atoms with Crippen LogP contribution in [-0.2, 0) is 10.0 Å². The zero-order valence-corrected chi connectivity index (χ0v) is 15.5. The van der Waals surface area contributed by atoms with Crippen LogP contribution in [0.3, 0.4) is 0 Å². The van der Waals surface area contributed by atoms with Gasteiger partial charge in [0.1, 0.15) is 5.75 Å². The van der Waals surface area contributed by atoms with Gasteiger partial charge in [0.15, 0.2) is 5.17 Å². The SMILES string of the molecule is CCN(CC)S(=O)(=O)C1=NN2CC(c3cccc(OC)c3)N=C2S1. The number of aliphatic imine (C=N–C) groups is 1. The molecule has 0 amide bonds. The normalized spacial score (nSPS) is 20.2. The molecule has 2 heterocycles. The Labute approximate surface area is 146 Å². The molecule has 2 aliphatic heterocycles. The highest BCUT2D eigenvalue weighted by molar-refractivity contribution is 8.42. The topological polar surface area (TPSA) is 74.6 Å². The number of hydrogen-bond acceptors (Lipinski definition) is 7. The average molecular weight is 368 g/mol. The van der Waals surface area contributed by atoms with Crippen LogP contribution < -0.4 is 4.74 Å². The molecule has 0 aromatic heterocycles. The largest absolute Gasteiger partial charge is 0.497 e. The third kappa shape index (κ3) is 3.03. The van der Waals surface area contributed by atoms with E-state index in [0.29, 0.717) is 24.8 Å². The Hall–Kier alpha value is -1.58. The Morgan fingerprint density at radius 1 is 1.38 bits per heavy atom. The van der Waals surface area contributed by atoms with E-state index in [2.05, 4.69) is 10.1 Å². The minimum absolute atomic E-state index is 0.0657. The van der Waals surface area contributed by atoms with E-state index in [-0.39, 0.29) is 10.4 Å². The molecule has 0 saturated heterocycles. The Kier molecular flexibility index (Phi) is 4.84. The lowest BCUT2D eigenvalue weighted by molar-refractivity contribution is 0.412. The summed E-state index contributed by atoms with van der Waals surface area (Å²) in [5.41, 5.74) is 1.03. The molecule has 130 valence electrons. The predicted molar refractivity (Wildman–Crippen MR) is 96.7 cm³/mol. The number of rotatable bonds is 5. The lowest BCUT2D eigenvalue weighted by Gasteiger charge is -2.17. The molecule has 0 radical (unpaired) electrons. The molecule has 0 aliphatic carbocycles. The Bertz CT molecular complexity index is 788. The zero-order chi connectivity index (χ0) is 17.3. The summed E-state index contributed by atoms with van der Waals surface area (Å²) >= 11 is 1.12. The molecule has 9 heteroatoms. The molecule has 7 nitrogen and oxygen atoms in total. The monoisotopic (exact) mass is 368 g/mol. The van der Waals surface area contributed by atoms with Crippen molar-refractivity contribution >= 4 is 31.3 Å². The van der Waals surface area contributed by atoms with Crippen molar-refractivity contribution in [1.29, 1.82) is 0 Å². The second kappa shape index (κ2) is 6.73. The number of fused-ring (bicyclic) bond motifs is 1. The molecule has 0 fully saturated rings. The number of thioether (sulfide) groups is 1. The molecule has 1 aromatic rings. The van der Waals surface area contributed by atoms with E-state index in [4.69, 9.17) is 4.74 Å². The number of benzene rings is 1. The molecule has 0 N–H and O–H groups in total. The van der Waals surface area contributed by atoms with Crippen LogP contribution in [0.1, 0.15) is 25.5 Å². The van der Waals surface area contributed by atoms with Gasteiger partial charge >= 0.3 is 0 Å². The molecule has 1 aromatic carbocycles. The molecule has 0 saturated carbocycles. The highest BCUT2D eigenvalue weighted by Gasteiger charge is 2.39. The number of nitrogens with zero attached hydrogens (tertiary/aromatic N) is 4. The molecular weight excluding hydrogens is 348 g/mol. The van der Waals surface area contributed by atoms with Crippen LogP contribution in [0, 0.1) is 0 Å². The van der Waals surface area contributed by atoms with Gasteiger partial charge in [-0.1, -0.05) is 26.0 Å². The highest BCUT2D eigenvalue weighted by Crippen LogP contribution is 2.36. The van der Waals surface area contributed by atoms with Crippen LogP contribution in [-0.4, -0.2) is 54.0 Å². The van der Waals surface area contributed by atoms with Crippen LogP contribution in [0.2, 0.25) is 0 Å². The summed E-state index contributed by atoms with van der Waals surface area (Å²) in [7, 11) is -1.90. The zero-order valence-electron chi connectivity index (χ0n) is 13.8. The number of ether oxygens (including phenoxy) is 1. The van der Waals surface area contributed by atoms with Gasteiger partial charge in [0, 0.05) is 13.1 Å². The van der Waals surface area contributed by atoms with Gasteiger partial charge in [0.05, 0.1) is 19.7 Å². The van der Waals surface area contributed by atoms with Crippen LogP contribution in [0.4, 0.5) is 0 Å². The van der Waals surface area contributed by atoms with E-state index in [1.54, 1.807) is 12.1 Å². The predicted octanol–water partition coefficient (Wildman–Crippen LogP) is 2.10. The second-order valence-corrected chi connectivity index (χ2v) is 8.41. The molecule has 1 unspecified atom stereocenters.